The number of aliphatic hydroxyl groups excluding tert-OH is 1. The molecule has 0 heterocycles. The Morgan fingerprint density at radius 3 is 2.56 bits per heavy atom. The molecule has 2 heteroatoms. The Labute approximate surface area is 110 Å². The highest BCUT2D eigenvalue weighted by Crippen LogP contribution is 2.51. The van der Waals surface area contributed by atoms with Crippen LogP contribution in [-0.4, -0.2) is 11.7 Å². The van der Waals surface area contributed by atoms with Crippen LogP contribution in [0.5, 0.6) is 0 Å². The van der Waals surface area contributed by atoms with E-state index in [2.05, 4.69) is 38.2 Å². The number of hydrogen-bond acceptors (Lipinski definition) is 2. The highest BCUT2D eigenvalue weighted by atomic mass is 16.3. The summed E-state index contributed by atoms with van der Waals surface area (Å²) in [4.78, 5) is 0. The lowest BCUT2D eigenvalue weighted by molar-refractivity contribution is 0.281. The van der Waals surface area contributed by atoms with E-state index in [-0.39, 0.29) is 6.61 Å². The lowest BCUT2D eigenvalue weighted by atomic mass is 9.92. The van der Waals surface area contributed by atoms with Crippen LogP contribution in [0.3, 0.4) is 0 Å². The maximum Gasteiger partial charge on any atom is 0.0681 e. The van der Waals surface area contributed by atoms with Crippen molar-refractivity contribution < 1.29 is 5.11 Å². The lowest BCUT2D eigenvalue weighted by Gasteiger charge is -2.23. The average Bonchev–Trinajstić information content (AvgIpc) is 3.17. The van der Waals surface area contributed by atoms with Crippen molar-refractivity contribution in [1.29, 1.82) is 0 Å². The van der Waals surface area contributed by atoms with Crippen LogP contribution >= 0.6 is 0 Å². The Hall–Kier alpha value is -0.860. The van der Waals surface area contributed by atoms with Crippen LogP contribution in [0.25, 0.3) is 0 Å². The lowest BCUT2D eigenvalue weighted by Crippen LogP contribution is -2.29. The first-order chi connectivity index (χ1) is 8.57. The fourth-order valence-corrected chi connectivity index (χ4v) is 2.55. The van der Waals surface area contributed by atoms with Gasteiger partial charge in [-0.2, -0.15) is 0 Å². The normalized spacial score (nSPS) is 18.9. The summed E-state index contributed by atoms with van der Waals surface area (Å²) in [6, 6.07) is 8.56. The van der Waals surface area contributed by atoms with Crippen molar-refractivity contribution in [3.8, 4) is 0 Å². The van der Waals surface area contributed by atoms with Crippen molar-refractivity contribution in [2.45, 2.75) is 46.3 Å². The number of nitrogens with one attached hydrogen (secondary N) is 1. The van der Waals surface area contributed by atoms with Gasteiger partial charge in [-0.15, -0.1) is 0 Å². The second-order valence-electron chi connectivity index (χ2n) is 6.02. The van der Waals surface area contributed by atoms with E-state index in [0.29, 0.717) is 11.5 Å². The largest absolute Gasteiger partial charge is 0.392 e. The first-order valence-corrected chi connectivity index (χ1v) is 7.00. The van der Waals surface area contributed by atoms with Crippen LogP contribution in [0.2, 0.25) is 0 Å². The third-order valence-electron chi connectivity index (χ3n) is 4.51. The number of hydrogen-bond donors (Lipinski definition) is 2. The van der Waals surface area contributed by atoms with Gasteiger partial charge >= 0.3 is 0 Å². The Balaban J connectivity index is 1.93. The molecule has 1 fully saturated rings. The van der Waals surface area contributed by atoms with Crippen LogP contribution in [0.1, 0.15) is 50.8 Å². The third-order valence-corrected chi connectivity index (χ3v) is 4.51. The fraction of sp³-hybridized carbons (Fsp3) is 0.625. The van der Waals surface area contributed by atoms with Crippen molar-refractivity contribution in [2.24, 2.45) is 11.3 Å². The molecule has 18 heavy (non-hydrogen) atoms. The van der Waals surface area contributed by atoms with E-state index in [1.165, 1.54) is 18.4 Å². The summed E-state index contributed by atoms with van der Waals surface area (Å²) in [5.74, 6) is 0.765. The molecule has 1 aromatic rings. The highest BCUT2D eigenvalue weighted by molar-refractivity contribution is 5.25. The smallest absolute Gasteiger partial charge is 0.0681 e. The standard InChI is InChI=1S/C16H25NO/c1-12(2)16(7-8-16)11-17-13(3)15-6-4-5-14(9-15)10-18/h4-6,9,12-13,17-18H,7-8,10-11H2,1-3H3. The molecule has 1 saturated carbocycles. The summed E-state index contributed by atoms with van der Waals surface area (Å²) in [7, 11) is 0. The molecule has 0 saturated heterocycles. The molecule has 0 aromatic heterocycles. The predicted molar refractivity (Wildman–Crippen MR) is 75.3 cm³/mol. The maximum atomic E-state index is 9.17. The van der Waals surface area contributed by atoms with Crippen LogP contribution in [0.15, 0.2) is 24.3 Å². The van der Waals surface area contributed by atoms with E-state index in [0.717, 1.165) is 18.0 Å². The summed E-state index contributed by atoms with van der Waals surface area (Å²) >= 11 is 0. The molecule has 1 aliphatic carbocycles. The minimum absolute atomic E-state index is 0.122. The van der Waals surface area contributed by atoms with Crippen molar-refractivity contribution in [3.05, 3.63) is 35.4 Å². The quantitative estimate of drug-likeness (QED) is 0.808. The van der Waals surface area contributed by atoms with Crippen molar-refractivity contribution >= 4 is 0 Å². The molecule has 1 unspecified atom stereocenters. The molecule has 0 amide bonds. The van der Waals surface area contributed by atoms with Crippen LogP contribution in [0, 0.1) is 11.3 Å². The molecule has 0 bridgehead atoms. The second kappa shape index (κ2) is 5.41. The molecular weight excluding hydrogens is 222 g/mol. The second-order valence-corrected chi connectivity index (χ2v) is 6.02. The molecule has 1 aromatic carbocycles. The Kier molecular flexibility index (Phi) is 4.08. The number of aliphatic hydroxyl groups is 1. The summed E-state index contributed by atoms with van der Waals surface area (Å²) in [5.41, 5.74) is 2.80. The van der Waals surface area contributed by atoms with Gasteiger partial charge in [-0.1, -0.05) is 38.1 Å². The molecule has 1 atom stereocenters. The average molecular weight is 247 g/mol. The van der Waals surface area contributed by atoms with Crippen molar-refractivity contribution in [1.82, 2.24) is 5.32 Å². The van der Waals surface area contributed by atoms with Gasteiger partial charge in [-0.3, -0.25) is 0 Å². The van der Waals surface area contributed by atoms with Crippen LogP contribution in [0.4, 0.5) is 0 Å². The Morgan fingerprint density at radius 2 is 2.00 bits per heavy atom. The molecule has 0 aliphatic heterocycles. The van der Waals surface area contributed by atoms with E-state index in [1.54, 1.807) is 0 Å². The highest BCUT2D eigenvalue weighted by Gasteiger charge is 2.44. The zero-order chi connectivity index (χ0) is 13.2. The van der Waals surface area contributed by atoms with E-state index in [9.17, 15) is 0 Å². The molecule has 100 valence electrons. The molecule has 2 nitrogen and oxygen atoms in total. The molecule has 0 spiro atoms. The van der Waals surface area contributed by atoms with Gasteiger partial charge in [0.1, 0.15) is 0 Å². The van der Waals surface area contributed by atoms with E-state index in [1.807, 2.05) is 12.1 Å². The van der Waals surface area contributed by atoms with E-state index in [4.69, 9.17) is 5.11 Å². The molecule has 1 aliphatic rings. The third kappa shape index (κ3) is 2.93. The number of benzene rings is 1. The van der Waals surface area contributed by atoms with Gasteiger partial charge in [0.25, 0.3) is 0 Å². The molecule has 2 rings (SSSR count). The summed E-state index contributed by atoms with van der Waals surface area (Å²) in [5, 5.41) is 12.8. The predicted octanol–water partition coefficient (Wildman–Crippen LogP) is 3.27. The van der Waals surface area contributed by atoms with Gasteiger partial charge in [-0.25, -0.2) is 0 Å². The molecule has 0 radical (unpaired) electrons. The molecular formula is C16H25NO. The van der Waals surface area contributed by atoms with Crippen molar-refractivity contribution in [2.75, 3.05) is 6.54 Å². The van der Waals surface area contributed by atoms with Gasteiger partial charge in [0.15, 0.2) is 0 Å². The maximum absolute atomic E-state index is 9.17. The van der Waals surface area contributed by atoms with Crippen LogP contribution < -0.4 is 5.32 Å². The monoisotopic (exact) mass is 247 g/mol. The SMILES string of the molecule is CC(NCC1(C(C)C)CC1)c1cccc(CO)c1. The Bertz CT molecular complexity index is 396. The fourth-order valence-electron chi connectivity index (χ4n) is 2.55. The minimum atomic E-state index is 0.122. The summed E-state index contributed by atoms with van der Waals surface area (Å²) in [6.07, 6.45) is 2.72. The first kappa shape index (κ1) is 13.6. The summed E-state index contributed by atoms with van der Waals surface area (Å²) in [6.45, 7) is 8.08. The molecule has 2 N–H and O–H groups in total. The van der Waals surface area contributed by atoms with Gasteiger partial charge in [0.05, 0.1) is 6.61 Å². The van der Waals surface area contributed by atoms with Gasteiger partial charge in [-0.05, 0) is 42.2 Å². The first-order valence-electron chi connectivity index (χ1n) is 7.00. The Morgan fingerprint density at radius 1 is 1.28 bits per heavy atom. The van der Waals surface area contributed by atoms with Gasteiger partial charge < -0.3 is 10.4 Å². The zero-order valence-corrected chi connectivity index (χ0v) is 11.7. The van der Waals surface area contributed by atoms with E-state index < -0.39 is 0 Å². The van der Waals surface area contributed by atoms with Gasteiger partial charge in [0, 0.05) is 12.6 Å². The zero-order valence-electron chi connectivity index (χ0n) is 11.7. The number of rotatable bonds is 6. The topological polar surface area (TPSA) is 32.3 Å². The summed E-state index contributed by atoms with van der Waals surface area (Å²) < 4.78 is 0. The minimum Gasteiger partial charge on any atom is -0.392 e. The van der Waals surface area contributed by atoms with Crippen LogP contribution in [-0.2, 0) is 6.61 Å². The van der Waals surface area contributed by atoms with Crippen molar-refractivity contribution in [3.63, 3.8) is 0 Å². The van der Waals surface area contributed by atoms with Gasteiger partial charge in [0.2, 0.25) is 0 Å². The van der Waals surface area contributed by atoms with E-state index >= 15 is 0 Å².